The number of amides is 2. The first kappa shape index (κ1) is 15.5. The largest absolute Gasteiger partial charge is 0.435 e. The molecule has 1 aromatic rings. The first-order valence-corrected chi connectivity index (χ1v) is 7.15. The normalized spacial score (nSPS) is 21.9. The lowest BCUT2D eigenvalue weighted by molar-refractivity contribution is -0.0497. The number of alkyl halides is 2. The van der Waals surface area contributed by atoms with Crippen LogP contribution in [0.5, 0.6) is 5.75 Å². The zero-order valence-corrected chi connectivity index (χ0v) is 11.9. The van der Waals surface area contributed by atoms with Crippen molar-refractivity contribution in [1.82, 2.24) is 5.32 Å². The Bertz CT molecular complexity index is 474. The number of carbonyl (C=O) groups excluding carboxylic acids is 1. The number of anilines is 1. The van der Waals surface area contributed by atoms with E-state index in [-0.39, 0.29) is 17.8 Å². The van der Waals surface area contributed by atoms with Gasteiger partial charge in [-0.1, -0.05) is 13.0 Å². The molecule has 0 radical (unpaired) electrons. The lowest BCUT2D eigenvalue weighted by atomic mass is 9.87. The van der Waals surface area contributed by atoms with E-state index < -0.39 is 6.61 Å². The van der Waals surface area contributed by atoms with Crippen LogP contribution in [-0.4, -0.2) is 18.7 Å². The summed E-state index contributed by atoms with van der Waals surface area (Å²) in [5, 5.41) is 5.55. The van der Waals surface area contributed by atoms with Crippen LogP contribution in [0, 0.1) is 5.92 Å². The summed E-state index contributed by atoms with van der Waals surface area (Å²) in [5.41, 5.74) is 0.426. The van der Waals surface area contributed by atoms with E-state index >= 15 is 0 Å². The highest BCUT2D eigenvalue weighted by atomic mass is 19.3. The van der Waals surface area contributed by atoms with Gasteiger partial charge in [-0.15, -0.1) is 0 Å². The van der Waals surface area contributed by atoms with E-state index in [2.05, 4.69) is 22.3 Å². The van der Waals surface area contributed by atoms with Crippen molar-refractivity contribution in [3.8, 4) is 5.75 Å². The molecule has 0 aliphatic heterocycles. The molecule has 0 aromatic heterocycles. The molecule has 6 heteroatoms. The van der Waals surface area contributed by atoms with E-state index in [9.17, 15) is 13.6 Å². The van der Waals surface area contributed by atoms with Gasteiger partial charge in [0.15, 0.2) is 0 Å². The van der Waals surface area contributed by atoms with Gasteiger partial charge in [-0.3, -0.25) is 0 Å². The molecule has 0 atom stereocenters. The van der Waals surface area contributed by atoms with Gasteiger partial charge in [-0.25, -0.2) is 4.79 Å². The Hall–Kier alpha value is -1.85. The number of urea groups is 1. The quantitative estimate of drug-likeness (QED) is 0.883. The van der Waals surface area contributed by atoms with Crippen molar-refractivity contribution in [3.63, 3.8) is 0 Å². The topological polar surface area (TPSA) is 50.4 Å². The maximum atomic E-state index is 12.1. The van der Waals surface area contributed by atoms with Crippen LogP contribution in [0.3, 0.4) is 0 Å². The third-order valence-electron chi connectivity index (χ3n) is 3.67. The number of carbonyl (C=O) groups is 1. The van der Waals surface area contributed by atoms with Gasteiger partial charge >= 0.3 is 12.6 Å². The first-order valence-electron chi connectivity index (χ1n) is 7.15. The van der Waals surface area contributed by atoms with Gasteiger partial charge in [0, 0.05) is 17.8 Å². The standard InChI is InChI=1S/C15H20F2N2O2/c1-10-5-7-11(8-6-10)18-15(20)19-12-3-2-4-13(9-12)21-14(16)17/h2-4,9-11,14H,5-8H2,1H3,(H2,18,19,20). The second kappa shape index (κ2) is 7.24. The van der Waals surface area contributed by atoms with Crippen molar-refractivity contribution in [1.29, 1.82) is 0 Å². The minimum atomic E-state index is -2.88. The Morgan fingerprint density at radius 2 is 2.00 bits per heavy atom. The van der Waals surface area contributed by atoms with E-state index in [1.807, 2.05) is 0 Å². The van der Waals surface area contributed by atoms with Gasteiger partial charge in [-0.05, 0) is 43.7 Å². The first-order chi connectivity index (χ1) is 10.0. The SMILES string of the molecule is CC1CCC(NC(=O)Nc2cccc(OC(F)F)c2)CC1. The zero-order chi connectivity index (χ0) is 15.2. The maximum absolute atomic E-state index is 12.1. The molecule has 2 amide bonds. The van der Waals surface area contributed by atoms with Crippen LogP contribution in [-0.2, 0) is 0 Å². The van der Waals surface area contributed by atoms with Crippen molar-refractivity contribution in [2.75, 3.05) is 5.32 Å². The monoisotopic (exact) mass is 298 g/mol. The lowest BCUT2D eigenvalue weighted by Gasteiger charge is -2.26. The van der Waals surface area contributed by atoms with E-state index in [0.29, 0.717) is 11.6 Å². The Balaban J connectivity index is 1.84. The molecule has 1 aliphatic rings. The summed E-state index contributed by atoms with van der Waals surface area (Å²) < 4.78 is 28.6. The number of rotatable bonds is 4. The van der Waals surface area contributed by atoms with Crippen molar-refractivity contribution in [3.05, 3.63) is 24.3 Å². The second-order valence-corrected chi connectivity index (χ2v) is 5.46. The van der Waals surface area contributed by atoms with E-state index in [1.54, 1.807) is 12.1 Å². The minimum absolute atomic E-state index is 0.0225. The summed E-state index contributed by atoms with van der Waals surface area (Å²) >= 11 is 0. The predicted octanol–water partition coefficient (Wildman–Crippen LogP) is 3.99. The smallest absolute Gasteiger partial charge is 0.387 e. The van der Waals surface area contributed by atoms with Crippen molar-refractivity contribution >= 4 is 11.7 Å². The Kier molecular flexibility index (Phi) is 5.36. The molecular formula is C15H20F2N2O2. The van der Waals surface area contributed by atoms with Crippen LogP contribution in [0.25, 0.3) is 0 Å². The predicted molar refractivity (Wildman–Crippen MR) is 76.6 cm³/mol. The molecule has 0 heterocycles. The number of hydrogen-bond donors (Lipinski definition) is 2. The fraction of sp³-hybridized carbons (Fsp3) is 0.533. The zero-order valence-electron chi connectivity index (χ0n) is 11.9. The van der Waals surface area contributed by atoms with Gasteiger partial charge in [-0.2, -0.15) is 8.78 Å². The molecule has 1 aliphatic carbocycles. The highest BCUT2D eigenvalue weighted by molar-refractivity contribution is 5.89. The molecule has 1 aromatic carbocycles. The number of hydrogen-bond acceptors (Lipinski definition) is 2. The Morgan fingerprint density at radius 1 is 1.29 bits per heavy atom. The molecule has 21 heavy (non-hydrogen) atoms. The Morgan fingerprint density at radius 3 is 2.67 bits per heavy atom. The molecule has 0 unspecified atom stereocenters. The molecule has 2 rings (SSSR count). The summed E-state index contributed by atoms with van der Waals surface area (Å²) in [6, 6.07) is 5.83. The van der Waals surface area contributed by atoms with Gasteiger partial charge in [0.05, 0.1) is 0 Å². The van der Waals surface area contributed by atoms with Crippen LogP contribution in [0.15, 0.2) is 24.3 Å². The van der Waals surface area contributed by atoms with Crippen molar-refractivity contribution < 1.29 is 18.3 Å². The van der Waals surface area contributed by atoms with Crippen molar-refractivity contribution in [2.45, 2.75) is 45.3 Å². The van der Waals surface area contributed by atoms with Gasteiger partial charge in [0.1, 0.15) is 5.75 Å². The third kappa shape index (κ3) is 5.21. The molecule has 2 N–H and O–H groups in total. The summed E-state index contributed by atoms with van der Waals surface area (Å²) in [6.07, 6.45) is 4.18. The molecular weight excluding hydrogens is 278 g/mol. The third-order valence-corrected chi connectivity index (χ3v) is 3.67. The summed E-state index contributed by atoms with van der Waals surface area (Å²) in [4.78, 5) is 11.9. The highest BCUT2D eigenvalue weighted by Crippen LogP contribution is 2.24. The average Bonchev–Trinajstić information content (AvgIpc) is 2.41. The number of halogens is 2. The highest BCUT2D eigenvalue weighted by Gasteiger charge is 2.19. The van der Waals surface area contributed by atoms with Gasteiger partial charge in [0.25, 0.3) is 0 Å². The van der Waals surface area contributed by atoms with Crippen LogP contribution in [0.4, 0.5) is 19.3 Å². The average molecular weight is 298 g/mol. The number of nitrogens with one attached hydrogen (secondary N) is 2. The van der Waals surface area contributed by atoms with Crippen molar-refractivity contribution in [2.24, 2.45) is 5.92 Å². The summed E-state index contributed by atoms with van der Waals surface area (Å²) in [6.45, 7) is -0.663. The van der Waals surface area contributed by atoms with Crippen LogP contribution in [0.2, 0.25) is 0 Å². The molecule has 1 fully saturated rings. The van der Waals surface area contributed by atoms with E-state index in [0.717, 1.165) is 25.7 Å². The fourth-order valence-electron chi connectivity index (χ4n) is 2.51. The fourth-order valence-corrected chi connectivity index (χ4v) is 2.51. The summed E-state index contributed by atoms with van der Waals surface area (Å²) in [7, 11) is 0. The second-order valence-electron chi connectivity index (χ2n) is 5.46. The lowest BCUT2D eigenvalue weighted by Crippen LogP contribution is -2.39. The molecule has 0 spiro atoms. The Labute approximate surface area is 122 Å². The maximum Gasteiger partial charge on any atom is 0.387 e. The molecule has 0 bridgehead atoms. The number of ether oxygens (including phenoxy) is 1. The molecule has 116 valence electrons. The number of benzene rings is 1. The van der Waals surface area contributed by atoms with E-state index in [1.165, 1.54) is 12.1 Å². The minimum Gasteiger partial charge on any atom is -0.435 e. The van der Waals surface area contributed by atoms with Crippen LogP contribution in [0.1, 0.15) is 32.6 Å². The van der Waals surface area contributed by atoms with E-state index in [4.69, 9.17) is 0 Å². The van der Waals surface area contributed by atoms with Gasteiger partial charge in [0.2, 0.25) is 0 Å². The molecule has 0 saturated heterocycles. The summed E-state index contributed by atoms with van der Waals surface area (Å²) in [5.74, 6) is 0.739. The van der Waals surface area contributed by atoms with Crippen LogP contribution < -0.4 is 15.4 Å². The molecule has 1 saturated carbocycles. The van der Waals surface area contributed by atoms with Crippen LogP contribution >= 0.6 is 0 Å². The van der Waals surface area contributed by atoms with Gasteiger partial charge < -0.3 is 15.4 Å². The molecule has 4 nitrogen and oxygen atoms in total.